The number of benzene rings is 2. The minimum absolute atomic E-state index is 0.0685. The number of rotatable bonds is 8. The third kappa shape index (κ3) is 7.78. The summed E-state index contributed by atoms with van der Waals surface area (Å²) in [5.74, 6) is 0. The van der Waals surface area contributed by atoms with Gasteiger partial charge in [0.25, 0.3) is 0 Å². The second-order valence-corrected chi connectivity index (χ2v) is 10.9. The number of aromatic nitrogens is 1. The molecule has 7 nitrogen and oxygen atoms in total. The van der Waals surface area contributed by atoms with E-state index in [0.29, 0.717) is 10.6 Å². The van der Waals surface area contributed by atoms with Gasteiger partial charge in [0, 0.05) is 11.6 Å². The molecule has 4 rings (SSSR count). The van der Waals surface area contributed by atoms with Gasteiger partial charge in [-0.1, -0.05) is 68.3 Å². The largest absolute Gasteiger partial charge is 0.451 e. The zero-order valence-corrected chi connectivity index (χ0v) is 21.2. The first-order valence-electron chi connectivity index (χ1n) is 11.9. The van der Waals surface area contributed by atoms with Crippen LogP contribution in [0.15, 0.2) is 89.3 Å². The third-order valence-corrected chi connectivity index (χ3v) is 7.48. The molecule has 0 bridgehead atoms. The van der Waals surface area contributed by atoms with Crippen molar-refractivity contribution in [3.8, 4) is 11.3 Å². The number of oxazole rings is 1. The maximum absolute atomic E-state index is 12.4. The molecule has 0 saturated heterocycles. The van der Waals surface area contributed by atoms with Gasteiger partial charge in [0.15, 0.2) is 6.39 Å². The third-order valence-electron chi connectivity index (χ3n) is 5.94. The molecule has 1 aliphatic rings. The first-order valence-corrected chi connectivity index (χ1v) is 13.3. The molecule has 8 heteroatoms. The minimum atomic E-state index is -3.44. The van der Waals surface area contributed by atoms with Crippen molar-refractivity contribution >= 4 is 10.0 Å². The summed E-state index contributed by atoms with van der Waals surface area (Å²) in [6.07, 6.45) is 9.73. The Balaban J connectivity index is 0.000000214. The van der Waals surface area contributed by atoms with Crippen LogP contribution in [0.3, 0.4) is 0 Å². The highest BCUT2D eigenvalue weighted by Crippen LogP contribution is 2.25. The Kier molecular flexibility index (Phi) is 9.26. The molecule has 3 aromatic rings. The summed E-state index contributed by atoms with van der Waals surface area (Å²) in [6.45, 7) is 7.18. The van der Waals surface area contributed by atoms with Crippen LogP contribution in [0.25, 0.3) is 11.3 Å². The monoisotopic (exact) mass is 497 g/mol. The lowest BCUT2D eigenvalue weighted by Crippen LogP contribution is -2.36. The first kappa shape index (κ1) is 26.7. The van der Waals surface area contributed by atoms with Gasteiger partial charge in [0.2, 0.25) is 10.0 Å². The molecule has 0 unspecified atom stereocenters. The van der Waals surface area contributed by atoms with Crippen LogP contribution in [0.4, 0.5) is 0 Å². The summed E-state index contributed by atoms with van der Waals surface area (Å²) in [4.78, 5) is 4.33. The fourth-order valence-corrected chi connectivity index (χ4v) is 5.44. The number of nitrogens with one attached hydrogen (secondary N) is 2. The van der Waals surface area contributed by atoms with E-state index < -0.39 is 15.6 Å². The zero-order valence-electron chi connectivity index (χ0n) is 20.4. The van der Waals surface area contributed by atoms with Crippen molar-refractivity contribution in [2.24, 2.45) is 0 Å². The van der Waals surface area contributed by atoms with Crippen LogP contribution < -0.4 is 10.0 Å². The summed E-state index contributed by atoms with van der Waals surface area (Å²) < 4.78 is 32.4. The van der Waals surface area contributed by atoms with Gasteiger partial charge in [-0.3, -0.25) is 0 Å². The molecule has 35 heavy (non-hydrogen) atoms. The Morgan fingerprint density at radius 1 is 1.09 bits per heavy atom. The van der Waals surface area contributed by atoms with Crippen molar-refractivity contribution in [1.29, 1.82) is 0 Å². The highest BCUT2D eigenvalue weighted by atomic mass is 32.2. The molecule has 0 amide bonds. The van der Waals surface area contributed by atoms with Gasteiger partial charge < -0.3 is 14.8 Å². The normalized spacial score (nSPS) is 15.5. The lowest BCUT2D eigenvalue weighted by Gasteiger charge is -2.30. The van der Waals surface area contributed by atoms with Gasteiger partial charge >= 0.3 is 0 Å². The van der Waals surface area contributed by atoms with Crippen LogP contribution in [0.1, 0.15) is 57.6 Å². The Morgan fingerprint density at radius 3 is 2.29 bits per heavy atom. The van der Waals surface area contributed by atoms with E-state index in [1.54, 1.807) is 44.3 Å². The predicted octanol–water partition coefficient (Wildman–Crippen LogP) is 5.18. The van der Waals surface area contributed by atoms with Crippen molar-refractivity contribution in [2.45, 2.75) is 68.5 Å². The molecule has 1 saturated carbocycles. The fourth-order valence-electron chi connectivity index (χ4n) is 4.14. The molecule has 188 valence electrons. The summed E-state index contributed by atoms with van der Waals surface area (Å²) >= 11 is 0. The Labute approximate surface area is 208 Å². The van der Waals surface area contributed by atoms with E-state index >= 15 is 0 Å². The Hall–Kier alpha value is -2.94. The molecule has 1 atom stereocenters. The molecular formula is C27H35N3O4S. The molecule has 0 aliphatic heterocycles. The lowest BCUT2D eigenvalue weighted by atomic mass is 9.92. The highest BCUT2D eigenvalue weighted by molar-refractivity contribution is 7.89. The number of hydrogen-bond donors (Lipinski definition) is 3. The summed E-state index contributed by atoms with van der Waals surface area (Å²) in [5, 5.41) is 13.0. The summed E-state index contributed by atoms with van der Waals surface area (Å²) in [7, 11) is -3.44. The van der Waals surface area contributed by atoms with Crippen LogP contribution in [-0.4, -0.2) is 30.2 Å². The number of aliphatic hydroxyl groups is 1. The molecule has 3 N–H and O–H groups in total. The van der Waals surface area contributed by atoms with E-state index in [4.69, 9.17) is 4.42 Å². The van der Waals surface area contributed by atoms with Gasteiger partial charge in [-0.25, -0.2) is 18.1 Å². The molecule has 1 aromatic heterocycles. The van der Waals surface area contributed by atoms with Crippen molar-refractivity contribution in [2.75, 3.05) is 0 Å². The number of nitrogens with zero attached hydrogens (tertiary/aromatic N) is 1. The molecule has 1 heterocycles. The topological polar surface area (TPSA) is 104 Å². The first-order chi connectivity index (χ1) is 16.7. The van der Waals surface area contributed by atoms with Crippen LogP contribution in [0.2, 0.25) is 0 Å². The van der Waals surface area contributed by atoms with Crippen LogP contribution in [0.5, 0.6) is 0 Å². The molecular weight excluding hydrogens is 462 g/mol. The van der Waals surface area contributed by atoms with Gasteiger partial charge in [0.1, 0.15) is 12.0 Å². The van der Waals surface area contributed by atoms with Crippen molar-refractivity contribution in [3.05, 3.63) is 85.6 Å². The van der Waals surface area contributed by atoms with Crippen molar-refractivity contribution in [3.63, 3.8) is 0 Å². The molecule has 0 spiro atoms. The van der Waals surface area contributed by atoms with Gasteiger partial charge in [-0.05, 0) is 50.6 Å². The van der Waals surface area contributed by atoms with E-state index in [9.17, 15) is 13.5 Å². The predicted molar refractivity (Wildman–Crippen MR) is 138 cm³/mol. The van der Waals surface area contributed by atoms with E-state index in [-0.39, 0.29) is 12.1 Å². The van der Waals surface area contributed by atoms with Gasteiger partial charge in [-0.15, -0.1) is 0 Å². The quantitative estimate of drug-likeness (QED) is 0.396. The standard InChI is InChI=1S/C15H18N2O3S.C12H17NO/c18-21(19,17-13-4-2-1-3-5-13)14-8-6-12(7-9-14)15-10-20-11-16-15;1-4-13-11(12(2,3)14)10-8-6-5-7-9-10/h6-11,13,17H,1-5H2;4-9,11,13-14H,1H2,2-3H3/t;11-/m.0/s1. The van der Waals surface area contributed by atoms with Crippen LogP contribution >= 0.6 is 0 Å². The van der Waals surface area contributed by atoms with E-state index in [1.165, 1.54) is 19.1 Å². The van der Waals surface area contributed by atoms with E-state index in [2.05, 4.69) is 21.6 Å². The smallest absolute Gasteiger partial charge is 0.240 e. The molecule has 0 radical (unpaired) electrons. The summed E-state index contributed by atoms with van der Waals surface area (Å²) in [6, 6.07) is 16.5. The average molecular weight is 498 g/mol. The van der Waals surface area contributed by atoms with E-state index in [1.807, 2.05) is 30.3 Å². The van der Waals surface area contributed by atoms with Gasteiger partial charge in [0.05, 0.1) is 16.5 Å². The molecule has 1 fully saturated rings. The Bertz CT molecular complexity index is 1130. The molecule has 2 aromatic carbocycles. The highest BCUT2D eigenvalue weighted by Gasteiger charge is 2.27. The lowest BCUT2D eigenvalue weighted by molar-refractivity contribution is 0.0422. The zero-order chi connectivity index (χ0) is 25.3. The SMILES string of the molecule is C=CN[C@@H](c1ccccc1)C(C)(C)O.O=S(=O)(NC1CCCCC1)c1ccc(-c2cocn2)cc1. The fraction of sp³-hybridized carbons (Fsp3) is 0.370. The maximum Gasteiger partial charge on any atom is 0.240 e. The maximum atomic E-state index is 12.4. The Morgan fingerprint density at radius 2 is 1.74 bits per heavy atom. The van der Waals surface area contributed by atoms with E-state index in [0.717, 1.165) is 36.8 Å². The summed E-state index contributed by atoms with van der Waals surface area (Å²) in [5.41, 5.74) is 1.77. The number of sulfonamides is 1. The second-order valence-electron chi connectivity index (χ2n) is 9.22. The van der Waals surface area contributed by atoms with Crippen molar-refractivity contribution in [1.82, 2.24) is 15.0 Å². The van der Waals surface area contributed by atoms with Crippen LogP contribution in [0, 0.1) is 0 Å². The van der Waals surface area contributed by atoms with Crippen LogP contribution in [-0.2, 0) is 10.0 Å². The minimum Gasteiger partial charge on any atom is -0.451 e. The van der Waals surface area contributed by atoms with Gasteiger partial charge in [-0.2, -0.15) is 0 Å². The molecule has 1 aliphatic carbocycles. The second kappa shape index (κ2) is 12.2. The van der Waals surface area contributed by atoms with Crippen molar-refractivity contribution < 1.29 is 17.9 Å². The average Bonchev–Trinajstić information content (AvgIpc) is 3.38. The number of hydrogen-bond acceptors (Lipinski definition) is 6.